The molecule has 2 heterocycles. The van der Waals surface area contributed by atoms with Crippen molar-refractivity contribution in [2.75, 3.05) is 16.8 Å². The van der Waals surface area contributed by atoms with Crippen LogP contribution in [-0.2, 0) is 9.59 Å². The number of hydrogen-bond donors (Lipinski definition) is 1. The minimum atomic E-state index is -0.552. The molecule has 2 aromatic rings. The summed E-state index contributed by atoms with van der Waals surface area (Å²) in [4.78, 5) is 29.9. The normalized spacial score (nSPS) is 17.4. The highest BCUT2D eigenvalue weighted by atomic mass is 35.5. The van der Waals surface area contributed by atoms with Gasteiger partial charge in [-0.1, -0.05) is 11.6 Å². The molecule has 1 N–H and O–H groups in total. The number of nitrogens with zero attached hydrogens (tertiary/aromatic N) is 2. The van der Waals surface area contributed by atoms with Crippen molar-refractivity contribution >= 4 is 34.8 Å². The lowest BCUT2D eigenvalue weighted by Crippen LogP contribution is -2.28. The molecule has 1 atom stereocenters. The summed E-state index contributed by atoms with van der Waals surface area (Å²) >= 11 is 5.69. The standard InChI is InChI=1S/C16H13ClFN3O2/c17-13-7-11(3-4-14(13)18)20-16(23)10-6-15(22)21(9-10)12-2-1-5-19-8-12/h1-5,7-8,10H,6,9H2,(H,20,23). The fourth-order valence-corrected chi connectivity index (χ4v) is 2.64. The molecule has 0 radical (unpaired) electrons. The SMILES string of the molecule is O=C(Nc1ccc(F)c(Cl)c1)C1CC(=O)N(c2cccnc2)C1. The molecule has 3 rings (SSSR count). The number of carbonyl (C=O) groups is 2. The van der Waals surface area contributed by atoms with Crippen LogP contribution in [-0.4, -0.2) is 23.3 Å². The molecule has 7 heteroatoms. The van der Waals surface area contributed by atoms with Gasteiger partial charge in [0.05, 0.1) is 22.8 Å². The number of rotatable bonds is 3. The Balaban J connectivity index is 1.69. The lowest BCUT2D eigenvalue weighted by atomic mass is 10.1. The molecule has 1 aliphatic rings. The van der Waals surface area contributed by atoms with Gasteiger partial charge in [-0.3, -0.25) is 14.6 Å². The zero-order chi connectivity index (χ0) is 16.4. The predicted molar refractivity (Wildman–Crippen MR) is 84.7 cm³/mol. The summed E-state index contributed by atoms with van der Waals surface area (Å²) in [7, 11) is 0. The molecule has 118 valence electrons. The van der Waals surface area contributed by atoms with E-state index >= 15 is 0 Å². The lowest BCUT2D eigenvalue weighted by Gasteiger charge is -2.16. The van der Waals surface area contributed by atoms with Crippen molar-refractivity contribution in [3.8, 4) is 0 Å². The van der Waals surface area contributed by atoms with Crippen LogP contribution in [0.15, 0.2) is 42.7 Å². The van der Waals surface area contributed by atoms with Crippen LogP contribution in [0.1, 0.15) is 6.42 Å². The Kier molecular flexibility index (Phi) is 4.25. The summed E-state index contributed by atoms with van der Waals surface area (Å²) in [5.41, 5.74) is 1.06. The number of amides is 2. The Bertz CT molecular complexity index is 754. The van der Waals surface area contributed by atoms with Crippen molar-refractivity contribution in [3.63, 3.8) is 0 Å². The quantitative estimate of drug-likeness (QED) is 0.939. The first kappa shape index (κ1) is 15.4. The topological polar surface area (TPSA) is 62.3 Å². The van der Waals surface area contributed by atoms with Gasteiger partial charge >= 0.3 is 0 Å². The third-order valence-corrected chi connectivity index (χ3v) is 3.93. The molecule has 1 aromatic heterocycles. The first-order valence-electron chi connectivity index (χ1n) is 7.01. The van der Waals surface area contributed by atoms with Crippen LogP contribution in [0.5, 0.6) is 0 Å². The van der Waals surface area contributed by atoms with Gasteiger partial charge in [0.2, 0.25) is 11.8 Å². The zero-order valence-electron chi connectivity index (χ0n) is 12.0. The molecule has 0 spiro atoms. The zero-order valence-corrected chi connectivity index (χ0v) is 12.8. The van der Waals surface area contributed by atoms with E-state index in [0.717, 1.165) is 0 Å². The van der Waals surface area contributed by atoms with Crippen LogP contribution in [0.4, 0.5) is 15.8 Å². The van der Waals surface area contributed by atoms with Crippen LogP contribution >= 0.6 is 11.6 Å². The van der Waals surface area contributed by atoms with Crippen molar-refractivity contribution in [2.45, 2.75) is 6.42 Å². The molecule has 1 unspecified atom stereocenters. The highest BCUT2D eigenvalue weighted by Gasteiger charge is 2.35. The number of anilines is 2. The fraction of sp³-hybridized carbons (Fsp3) is 0.188. The van der Waals surface area contributed by atoms with Crippen molar-refractivity contribution < 1.29 is 14.0 Å². The number of pyridine rings is 1. The third-order valence-electron chi connectivity index (χ3n) is 3.64. The number of nitrogens with one attached hydrogen (secondary N) is 1. The van der Waals surface area contributed by atoms with Crippen molar-refractivity contribution in [1.29, 1.82) is 0 Å². The van der Waals surface area contributed by atoms with Crippen LogP contribution in [0.25, 0.3) is 0 Å². The highest BCUT2D eigenvalue weighted by molar-refractivity contribution is 6.31. The van der Waals surface area contributed by atoms with E-state index in [1.165, 1.54) is 23.1 Å². The second-order valence-electron chi connectivity index (χ2n) is 5.23. The smallest absolute Gasteiger partial charge is 0.229 e. The molecule has 2 amide bonds. The van der Waals surface area contributed by atoms with Gasteiger partial charge in [0.1, 0.15) is 5.82 Å². The molecule has 1 fully saturated rings. The van der Waals surface area contributed by atoms with Crippen LogP contribution in [0, 0.1) is 11.7 Å². The Hall–Kier alpha value is -2.47. The summed E-state index contributed by atoms with van der Waals surface area (Å²) in [6, 6.07) is 7.44. The van der Waals surface area contributed by atoms with E-state index in [9.17, 15) is 14.0 Å². The molecular formula is C16H13ClFN3O2. The summed E-state index contributed by atoms with van der Waals surface area (Å²) in [6.07, 6.45) is 3.32. The number of aromatic nitrogens is 1. The number of halogens is 2. The molecule has 1 saturated heterocycles. The van der Waals surface area contributed by atoms with Gasteiger partial charge in [-0.05, 0) is 30.3 Å². The Labute approximate surface area is 137 Å². The molecule has 23 heavy (non-hydrogen) atoms. The van der Waals surface area contributed by atoms with Gasteiger partial charge in [0.15, 0.2) is 0 Å². The number of carbonyl (C=O) groups excluding carboxylic acids is 2. The first-order chi connectivity index (χ1) is 11.0. The Morgan fingerprint density at radius 1 is 1.39 bits per heavy atom. The van der Waals surface area contributed by atoms with Crippen LogP contribution < -0.4 is 10.2 Å². The van der Waals surface area contributed by atoms with Gasteiger partial charge in [-0.2, -0.15) is 0 Å². The van der Waals surface area contributed by atoms with Crippen LogP contribution in [0.2, 0.25) is 5.02 Å². The van der Waals surface area contributed by atoms with Gasteiger partial charge in [-0.25, -0.2) is 4.39 Å². The molecule has 0 saturated carbocycles. The van der Waals surface area contributed by atoms with Crippen molar-refractivity contribution in [3.05, 3.63) is 53.6 Å². The second kappa shape index (κ2) is 6.34. The molecule has 0 bridgehead atoms. The molecular weight excluding hydrogens is 321 g/mol. The van der Waals surface area contributed by atoms with E-state index < -0.39 is 11.7 Å². The Morgan fingerprint density at radius 2 is 2.22 bits per heavy atom. The second-order valence-corrected chi connectivity index (χ2v) is 5.64. The minimum Gasteiger partial charge on any atom is -0.326 e. The maximum atomic E-state index is 13.1. The monoisotopic (exact) mass is 333 g/mol. The van der Waals surface area contributed by atoms with E-state index in [1.54, 1.807) is 24.5 Å². The lowest BCUT2D eigenvalue weighted by molar-refractivity contribution is -0.122. The average molecular weight is 334 g/mol. The van der Waals surface area contributed by atoms with Gasteiger partial charge < -0.3 is 10.2 Å². The van der Waals surface area contributed by atoms with Crippen molar-refractivity contribution in [2.24, 2.45) is 5.92 Å². The van der Waals surface area contributed by atoms with E-state index in [1.807, 2.05) is 0 Å². The summed E-state index contributed by atoms with van der Waals surface area (Å²) < 4.78 is 13.1. The molecule has 1 aromatic carbocycles. The maximum Gasteiger partial charge on any atom is 0.229 e. The molecule has 0 aliphatic carbocycles. The Morgan fingerprint density at radius 3 is 2.91 bits per heavy atom. The van der Waals surface area contributed by atoms with E-state index in [2.05, 4.69) is 10.3 Å². The van der Waals surface area contributed by atoms with E-state index in [0.29, 0.717) is 11.4 Å². The third kappa shape index (κ3) is 3.32. The fourth-order valence-electron chi connectivity index (χ4n) is 2.46. The van der Waals surface area contributed by atoms with Gasteiger partial charge in [-0.15, -0.1) is 0 Å². The molecule has 5 nitrogen and oxygen atoms in total. The van der Waals surface area contributed by atoms with E-state index in [4.69, 9.17) is 11.6 Å². The van der Waals surface area contributed by atoms with Crippen LogP contribution in [0.3, 0.4) is 0 Å². The largest absolute Gasteiger partial charge is 0.326 e. The van der Waals surface area contributed by atoms with Gasteiger partial charge in [0, 0.05) is 24.8 Å². The minimum absolute atomic E-state index is 0.0673. The molecule has 1 aliphatic heterocycles. The van der Waals surface area contributed by atoms with Crippen molar-refractivity contribution in [1.82, 2.24) is 4.98 Å². The summed E-state index contributed by atoms with van der Waals surface area (Å²) in [5, 5.41) is 2.59. The van der Waals surface area contributed by atoms with Gasteiger partial charge in [0.25, 0.3) is 0 Å². The van der Waals surface area contributed by atoms with E-state index in [-0.39, 0.29) is 29.8 Å². The number of hydrogen-bond acceptors (Lipinski definition) is 3. The summed E-state index contributed by atoms with van der Waals surface area (Å²) in [6.45, 7) is 0.283. The maximum absolute atomic E-state index is 13.1. The average Bonchev–Trinajstić information content (AvgIpc) is 2.94. The number of benzene rings is 1. The first-order valence-corrected chi connectivity index (χ1v) is 7.38. The highest BCUT2D eigenvalue weighted by Crippen LogP contribution is 2.26. The summed E-state index contributed by atoms with van der Waals surface area (Å²) in [5.74, 6) is -1.46. The predicted octanol–water partition coefficient (Wildman–Crippen LogP) is 2.87.